The zero-order valence-electron chi connectivity index (χ0n) is 10.4. The molecule has 2 N–H and O–H groups in total. The lowest BCUT2D eigenvalue weighted by Crippen LogP contribution is -2.46. The zero-order chi connectivity index (χ0) is 12.1. The number of nitrogens with one attached hydrogen (secondary N) is 1. The molecule has 1 saturated carbocycles. The summed E-state index contributed by atoms with van der Waals surface area (Å²) in [6, 6.07) is 8.13. The van der Waals surface area contributed by atoms with Gasteiger partial charge in [0.25, 0.3) is 0 Å². The lowest BCUT2D eigenvalue weighted by atomic mass is 9.80. The third-order valence-electron chi connectivity index (χ3n) is 3.49. The molecule has 1 aromatic carbocycles. The Kier molecular flexibility index (Phi) is 4.02. The maximum absolute atomic E-state index is 9.90. The monoisotopic (exact) mass is 235 g/mol. The normalized spacial score (nSPS) is 17.5. The van der Waals surface area contributed by atoms with Crippen LogP contribution in [-0.4, -0.2) is 30.9 Å². The van der Waals surface area contributed by atoms with Gasteiger partial charge in [-0.15, -0.1) is 0 Å². The van der Waals surface area contributed by atoms with E-state index in [1.165, 1.54) is 5.56 Å². The molecule has 1 aliphatic rings. The zero-order valence-corrected chi connectivity index (χ0v) is 10.4. The van der Waals surface area contributed by atoms with Crippen molar-refractivity contribution in [3.05, 3.63) is 29.8 Å². The minimum atomic E-state index is -0.417. The van der Waals surface area contributed by atoms with E-state index in [0.29, 0.717) is 0 Å². The highest BCUT2D eigenvalue weighted by Crippen LogP contribution is 2.30. The van der Waals surface area contributed by atoms with Crippen LogP contribution in [0.3, 0.4) is 0 Å². The minimum Gasteiger partial charge on any atom is -0.497 e. The van der Waals surface area contributed by atoms with E-state index in [0.717, 1.165) is 44.5 Å². The number of ether oxygens (including phenoxy) is 1. The molecular formula is C14H21NO2. The topological polar surface area (TPSA) is 41.5 Å². The predicted molar refractivity (Wildman–Crippen MR) is 68.4 cm³/mol. The number of aliphatic hydroxyl groups is 1. The van der Waals surface area contributed by atoms with Crippen molar-refractivity contribution in [1.29, 1.82) is 0 Å². The van der Waals surface area contributed by atoms with Crippen molar-refractivity contribution in [3.63, 3.8) is 0 Å². The Balaban J connectivity index is 1.67. The third-order valence-corrected chi connectivity index (χ3v) is 3.49. The molecule has 0 aromatic heterocycles. The lowest BCUT2D eigenvalue weighted by molar-refractivity contribution is -0.0310. The molecule has 0 bridgehead atoms. The Hall–Kier alpha value is -1.06. The molecule has 94 valence electrons. The van der Waals surface area contributed by atoms with Crippen LogP contribution < -0.4 is 10.1 Å². The van der Waals surface area contributed by atoms with Gasteiger partial charge in [-0.1, -0.05) is 12.1 Å². The van der Waals surface area contributed by atoms with Crippen LogP contribution in [0, 0.1) is 0 Å². The van der Waals surface area contributed by atoms with E-state index in [4.69, 9.17) is 4.74 Å². The summed E-state index contributed by atoms with van der Waals surface area (Å²) in [6.07, 6.45) is 4.04. The standard InChI is InChI=1S/C14H21NO2/c1-17-13-5-3-12(4-6-13)7-10-15-11-14(16)8-2-9-14/h3-6,15-16H,2,7-11H2,1H3. The van der Waals surface area contributed by atoms with Gasteiger partial charge in [-0.3, -0.25) is 0 Å². The Labute approximate surface area is 103 Å². The molecule has 1 fully saturated rings. The maximum Gasteiger partial charge on any atom is 0.118 e. The number of hydrogen-bond acceptors (Lipinski definition) is 3. The molecule has 0 saturated heterocycles. The Morgan fingerprint density at radius 3 is 2.53 bits per heavy atom. The fourth-order valence-corrected chi connectivity index (χ4v) is 2.11. The average molecular weight is 235 g/mol. The molecule has 1 aliphatic carbocycles. The molecule has 17 heavy (non-hydrogen) atoms. The molecule has 0 aliphatic heterocycles. The second-order valence-corrected chi connectivity index (χ2v) is 4.85. The first-order valence-electron chi connectivity index (χ1n) is 6.28. The molecule has 0 unspecified atom stereocenters. The van der Waals surface area contributed by atoms with Crippen LogP contribution in [-0.2, 0) is 6.42 Å². The van der Waals surface area contributed by atoms with E-state index in [1.54, 1.807) is 7.11 Å². The number of methoxy groups -OCH3 is 1. The van der Waals surface area contributed by atoms with Gasteiger partial charge in [-0.25, -0.2) is 0 Å². The fraction of sp³-hybridized carbons (Fsp3) is 0.571. The van der Waals surface area contributed by atoms with E-state index in [1.807, 2.05) is 12.1 Å². The van der Waals surface area contributed by atoms with Gasteiger partial charge in [-0.2, -0.15) is 0 Å². The lowest BCUT2D eigenvalue weighted by Gasteiger charge is -2.36. The minimum absolute atomic E-state index is 0.417. The summed E-state index contributed by atoms with van der Waals surface area (Å²) >= 11 is 0. The van der Waals surface area contributed by atoms with Gasteiger partial charge in [0, 0.05) is 6.54 Å². The first-order chi connectivity index (χ1) is 8.22. The molecule has 0 atom stereocenters. The van der Waals surface area contributed by atoms with Crippen molar-refractivity contribution in [1.82, 2.24) is 5.32 Å². The van der Waals surface area contributed by atoms with E-state index in [2.05, 4.69) is 17.4 Å². The Morgan fingerprint density at radius 1 is 1.29 bits per heavy atom. The van der Waals surface area contributed by atoms with Crippen molar-refractivity contribution < 1.29 is 9.84 Å². The van der Waals surface area contributed by atoms with E-state index >= 15 is 0 Å². The summed E-state index contributed by atoms with van der Waals surface area (Å²) < 4.78 is 5.11. The smallest absolute Gasteiger partial charge is 0.118 e. The summed E-state index contributed by atoms with van der Waals surface area (Å²) in [5.41, 5.74) is 0.874. The number of benzene rings is 1. The summed E-state index contributed by atoms with van der Waals surface area (Å²) in [5.74, 6) is 0.894. The van der Waals surface area contributed by atoms with Crippen molar-refractivity contribution >= 4 is 0 Å². The van der Waals surface area contributed by atoms with Crippen LogP contribution in [0.25, 0.3) is 0 Å². The van der Waals surface area contributed by atoms with Crippen LogP contribution in [0.15, 0.2) is 24.3 Å². The summed E-state index contributed by atoms with van der Waals surface area (Å²) in [4.78, 5) is 0. The van der Waals surface area contributed by atoms with Crippen molar-refractivity contribution in [2.24, 2.45) is 0 Å². The quantitative estimate of drug-likeness (QED) is 0.738. The van der Waals surface area contributed by atoms with E-state index < -0.39 is 5.60 Å². The predicted octanol–water partition coefficient (Wildman–Crippen LogP) is 1.74. The van der Waals surface area contributed by atoms with Crippen molar-refractivity contribution in [2.75, 3.05) is 20.2 Å². The highest BCUT2D eigenvalue weighted by atomic mass is 16.5. The average Bonchev–Trinajstić information content (AvgIpc) is 2.33. The molecule has 0 spiro atoms. The van der Waals surface area contributed by atoms with Gasteiger partial charge in [0.15, 0.2) is 0 Å². The Morgan fingerprint density at radius 2 is 2.00 bits per heavy atom. The van der Waals surface area contributed by atoms with Crippen LogP contribution in [0.5, 0.6) is 5.75 Å². The first-order valence-corrected chi connectivity index (χ1v) is 6.28. The Bertz CT molecular complexity index is 344. The van der Waals surface area contributed by atoms with Crippen LogP contribution >= 0.6 is 0 Å². The second-order valence-electron chi connectivity index (χ2n) is 4.85. The van der Waals surface area contributed by atoms with Gasteiger partial charge < -0.3 is 15.2 Å². The fourth-order valence-electron chi connectivity index (χ4n) is 2.11. The summed E-state index contributed by atoms with van der Waals surface area (Å²) in [6.45, 7) is 1.64. The van der Waals surface area contributed by atoms with Gasteiger partial charge >= 0.3 is 0 Å². The third kappa shape index (κ3) is 3.45. The van der Waals surface area contributed by atoms with Crippen LogP contribution in [0.2, 0.25) is 0 Å². The molecule has 3 heteroatoms. The highest BCUT2D eigenvalue weighted by molar-refractivity contribution is 5.27. The maximum atomic E-state index is 9.90. The van der Waals surface area contributed by atoms with E-state index in [-0.39, 0.29) is 0 Å². The van der Waals surface area contributed by atoms with E-state index in [9.17, 15) is 5.11 Å². The molecular weight excluding hydrogens is 214 g/mol. The molecule has 1 aromatic rings. The summed E-state index contributed by atoms with van der Waals surface area (Å²) in [5, 5.41) is 13.2. The number of rotatable bonds is 6. The highest BCUT2D eigenvalue weighted by Gasteiger charge is 2.33. The van der Waals surface area contributed by atoms with Crippen molar-refractivity contribution in [3.8, 4) is 5.75 Å². The summed E-state index contributed by atoms with van der Waals surface area (Å²) in [7, 11) is 1.68. The molecule has 0 radical (unpaired) electrons. The van der Waals surface area contributed by atoms with Gasteiger partial charge in [0.2, 0.25) is 0 Å². The van der Waals surface area contributed by atoms with Crippen LogP contribution in [0.1, 0.15) is 24.8 Å². The molecule has 0 heterocycles. The largest absolute Gasteiger partial charge is 0.497 e. The SMILES string of the molecule is COc1ccc(CCNCC2(O)CCC2)cc1. The van der Waals surface area contributed by atoms with Crippen molar-refractivity contribution in [2.45, 2.75) is 31.3 Å². The molecule has 0 amide bonds. The molecule has 3 nitrogen and oxygen atoms in total. The molecule has 2 rings (SSSR count). The second kappa shape index (κ2) is 5.52. The van der Waals surface area contributed by atoms with Crippen LogP contribution in [0.4, 0.5) is 0 Å². The van der Waals surface area contributed by atoms with Gasteiger partial charge in [0.1, 0.15) is 5.75 Å². The first kappa shape index (κ1) is 12.4. The van der Waals surface area contributed by atoms with Gasteiger partial charge in [-0.05, 0) is 49.9 Å². The van der Waals surface area contributed by atoms with Gasteiger partial charge in [0.05, 0.1) is 12.7 Å². The number of hydrogen-bond donors (Lipinski definition) is 2.